The third-order valence-electron chi connectivity index (χ3n) is 3.53. The van der Waals surface area contributed by atoms with Gasteiger partial charge in [0.1, 0.15) is 0 Å². The number of likely N-dealkylation sites (tertiary alicyclic amines) is 1. The Balaban J connectivity index is 1.80. The summed E-state index contributed by atoms with van der Waals surface area (Å²) in [5, 5.41) is 2.86. The number of nitrogen functional groups attached to an aromatic ring is 1. The second kappa shape index (κ2) is 6.41. The van der Waals surface area contributed by atoms with E-state index in [4.69, 9.17) is 5.73 Å². The Kier molecular flexibility index (Phi) is 4.61. The van der Waals surface area contributed by atoms with Gasteiger partial charge in [-0.15, -0.1) is 0 Å². The molecule has 1 saturated heterocycles. The van der Waals surface area contributed by atoms with E-state index in [0.717, 1.165) is 24.2 Å². The fourth-order valence-corrected chi connectivity index (χ4v) is 2.55. The first-order chi connectivity index (χ1) is 9.54. The van der Waals surface area contributed by atoms with Gasteiger partial charge in [-0.05, 0) is 30.5 Å². The highest BCUT2D eigenvalue weighted by Crippen LogP contribution is 2.13. The Morgan fingerprint density at radius 2 is 2.25 bits per heavy atom. The predicted octanol–water partition coefficient (Wildman–Crippen LogP) is 0.938. The third-order valence-corrected chi connectivity index (χ3v) is 3.53. The maximum atomic E-state index is 12.1. The molecule has 2 amide bonds. The van der Waals surface area contributed by atoms with Crippen molar-refractivity contribution in [3.63, 3.8) is 0 Å². The van der Waals surface area contributed by atoms with Crippen LogP contribution in [0.3, 0.4) is 0 Å². The topological polar surface area (TPSA) is 75.4 Å². The van der Waals surface area contributed by atoms with Crippen molar-refractivity contribution in [3.05, 3.63) is 29.8 Å². The van der Waals surface area contributed by atoms with Gasteiger partial charge in [0.15, 0.2) is 0 Å². The van der Waals surface area contributed by atoms with E-state index < -0.39 is 0 Å². The molecule has 1 fully saturated rings. The van der Waals surface area contributed by atoms with E-state index in [1.54, 1.807) is 0 Å². The molecule has 1 atom stereocenters. The Bertz CT molecular complexity index is 502. The minimum absolute atomic E-state index is 0.0379. The van der Waals surface area contributed by atoms with Crippen molar-refractivity contribution in [2.75, 3.05) is 18.8 Å². The van der Waals surface area contributed by atoms with Crippen LogP contribution in [0, 0.1) is 0 Å². The average molecular weight is 275 g/mol. The second-order valence-corrected chi connectivity index (χ2v) is 5.27. The van der Waals surface area contributed by atoms with Crippen molar-refractivity contribution in [3.8, 4) is 0 Å². The van der Waals surface area contributed by atoms with Crippen LogP contribution in [-0.4, -0.2) is 35.8 Å². The molecule has 1 aliphatic heterocycles. The van der Waals surface area contributed by atoms with Crippen molar-refractivity contribution < 1.29 is 9.59 Å². The van der Waals surface area contributed by atoms with Crippen LogP contribution in [0.15, 0.2) is 24.3 Å². The molecule has 0 aliphatic carbocycles. The zero-order valence-electron chi connectivity index (χ0n) is 11.8. The molecule has 5 heteroatoms. The van der Waals surface area contributed by atoms with E-state index in [1.807, 2.05) is 29.2 Å². The molecule has 0 bridgehead atoms. The zero-order valence-corrected chi connectivity index (χ0v) is 11.8. The first-order valence-corrected chi connectivity index (χ1v) is 6.94. The molecule has 1 heterocycles. The summed E-state index contributed by atoms with van der Waals surface area (Å²) in [5.74, 6) is 0.101. The number of anilines is 1. The molecule has 1 aliphatic rings. The third kappa shape index (κ3) is 3.98. The van der Waals surface area contributed by atoms with Crippen molar-refractivity contribution in [1.82, 2.24) is 10.2 Å². The number of aryl methyl sites for hydroxylation is 1. The predicted molar refractivity (Wildman–Crippen MR) is 78.0 cm³/mol. The largest absolute Gasteiger partial charge is 0.399 e. The number of nitrogens with zero attached hydrogens (tertiary/aromatic N) is 1. The summed E-state index contributed by atoms with van der Waals surface area (Å²) >= 11 is 0. The number of amides is 2. The summed E-state index contributed by atoms with van der Waals surface area (Å²) in [5.41, 5.74) is 7.52. The average Bonchev–Trinajstić information content (AvgIpc) is 2.84. The molecule has 1 aromatic rings. The molecule has 1 unspecified atom stereocenters. The van der Waals surface area contributed by atoms with Crippen molar-refractivity contribution in [2.45, 2.75) is 32.2 Å². The normalized spacial score (nSPS) is 18.1. The maximum absolute atomic E-state index is 12.1. The summed E-state index contributed by atoms with van der Waals surface area (Å²) in [6.07, 6.45) is 2.02. The molecule has 20 heavy (non-hydrogen) atoms. The molecule has 5 nitrogen and oxygen atoms in total. The summed E-state index contributed by atoms with van der Waals surface area (Å²) in [7, 11) is 0. The lowest BCUT2D eigenvalue weighted by Crippen LogP contribution is -2.37. The number of hydrogen-bond donors (Lipinski definition) is 2. The van der Waals surface area contributed by atoms with Crippen molar-refractivity contribution in [2.24, 2.45) is 0 Å². The highest BCUT2D eigenvalue weighted by molar-refractivity contribution is 5.77. The number of nitrogens with two attached hydrogens (primary N) is 1. The van der Waals surface area contributed by atoms with Crippen molar-refractivity contribution >= 4 is 17.5 Å². The molecule has 108 valence electrons. The minimum atomic E-state index is -0.0379. The van der Waals surface area contributed by atoms with Gasteiger partial charge in [0.25, 0.3) is 0 Å². The van der Waals surface area contributed by atoms with E-state index in [2.05, 4.69) is 5.32 Å². The number of nitrogens with one attached hydrogen (secondary N) is 1. The molecule has 0 aromatic heterocycles. The van der Waals surface area contributed by atoms with E-state index in [0.29, 0.717) is 19.4 Å². The Labute approximate surface area is 119 Å². The molecule has 0 radical (unpaired) electrons. The molecule has 0 spiro atoms. The van der Waals surface area contributed by atoms with Crippen LogP contribution >= 0.6 is 0 Å². The number of hydrogen-bond acceptors (Lipinski definition) is 3. The molecule has 2 rings (SSSR count). The smallest absolute Gasteiger partial charge is 0.222 e. The monoisotopic (exact) mass is 275 g/mol. The van der Waals surface area contributed by atoms with Crippen LogP contribution in [-0.2, 0) is 16.0 Å². The summed E-state index contributed by atoms with van der Waals surface area (Å²) in [6, 6.07) is 7.72. The van der Waals surface area contributed by atoms with E-state index >= 15 is 0 Å². The van der Waals surface area contributed by atoms with Crippen LogP contribution in [0.2, 0.25) is 0 Å². The second-order valence-electron chi connectivity index (χ2n) is 5.27. The lowest BCUT2D eigenvalue weighted by molar-refractivity contribution is -0.130. The minimum Gasteiger partial charge on any atom is -0.399 e. The number of benzene rings is 1. The summed E-state index contributed by atoms with van der Waals surface area (Å²) < 4.78 is 0. The van der Waals surface area contributed by atoms with Gasteiger partial charge in [-0.3, -0.25) is 9.59 Å². The van der Waals surface area contributed by atoms with Crippen LogP contribution in [0.5, 0.6) is 0 Å². The standard InChI is InChI=1S/C15H21N3O2/c1-11(19)17-14-7-8-18(10-14)15(20)6-5-12-3-2-4-13(16)9-12/h2-4,9,14H,5-8,10,16H2,1H3,(H,17,19). The Hall–Kier alpha value is -2.04. The Morgan fingerprint density at radius 1 is 1.45 bits per heavy atom. The number of rotatable bonds is 4. The highest BCUT2D eigenvalue weighted by atomic mass is 16.2. The Morgan fingerprint density at radius 3 is 2.95 bits per heavy atom. The molecule has 1 aromatic carbocycles. The van der Waals surface area contributed by atoms with E-state index in [-0.39, 0.29) is 17.9 Å². The fraction of sp³-hybridized carbons (Fsp3) is 0.467. The van der Waals surface area contributed by atoms with Gasteiger partial charge in [0.05, 0.1) is 0 Å². The van der Waals surface area contributed by atoms with Gasteiger partial charge in [0.2, 0.25) is 11.8 Å². The highest BCUT2D eigenvalue weighted by Gasteiger charge is 2.26. The van der Waals surface area contributed by atoms with Crippen molar-refractivity contribution in [1.29, 1.82) is 0 Å². The molecule has 0 saturated carbocycles. The first kappa shape index (κ1) is 14.4. The quantitative estimate of drug-likeness (QED) is 0.803. The van der Waals surface area contributed by atoms with Gasteiger partial charge in [-0.2, -0.15) is 0 Å². The van der Waals surface area contributed by atoms with Gasteiger partial charge in [0, 0.05) is 38.2 Å². The fourth-order valence-electron chi connectivity index (χ4n) is 2.55. The van der Waals surface area contributed by atoms with Gasteiger partial charge < -0.3 is 16.0 Å². The van der Waals surface area contributed by atoms with Crippen LogP contribution in [0.25, 0.3) is 0 Å². The number of carbonyl (C=O) groups is 2. The summed E-state index contributed by atoms with van der Waals surface area (Å²) in [6.45, 7) is 2.85. The van der Waals surface area contributed by atoms with Crippen LogP contribution in [0.4, 0.5) is 5.69 Å². The maximum Gasteiger partial charge on any atom is 0.222 e. The van der Waals surface area contributed by atoms with Gasteiger partial charge in [-0.25, -0.2) is 0 Å². The molecule has 3 N–H and O–H groups in total. The van der Waals surface area contributed by atoms with Crippen LogP contribution < -0.4 is 11.1 Å². The number of carbonyl (C=O) groups excluding carboxylic acids is 2. The molecular weight excluding hydrogens is 254 g/mol. The molecular formula is C15H21N3O2. The van der Waals surface area contributed by atoms with E-state index in [1.165, 1.54) is 6.92 Å². The first-order valence-electron chi connectivity index (χ1n) is 6.94. The zero-order chi connectivity index (χ0) is 14.5. The summed E-state index contributed by atoms with van der Waals surface area (Å²) in [4.78, 5) is 24.9. The van der Waals surface area contributed by atoms with Gasteiger partial charge >= 0.3 is 0 Å². The van der Waals surface area contributed by atoms with E-state index in [9.17, 15) is 9.59 Å². The lowest BCUT2D eigenvalue weighted by Gasteiger charge is -2.16. The lowest BCUT2D eigenvalue weighted by atomic mass is 10.1. The van der Waals surface area contributed by atoms with Gasteiger partial charge in [-0.1, -0.05) is 12.1 Å². The van der Waals surface area contributed by atoms with Crippen LogP contribution in [0.1, 0.15) is 25.3 Å². The SMILES string of the molecule is CC(=O)NC1CCN(C(=O)CCc2cccc(N)c2)C1.